The third-order valence-electron chi connectivity index (χ3n) is 7.15. The van der Waals surface area contributed by atoms with E-state index >= 15 is 0 Å². The number of hydrogen-bond donors (Lipinski definition) is 0. The number of hydrogen-bond acceptors (Lipinski definition) is 5. The van der Waals surface area contributed by atoms with Crippen LogP contribution in [0.15, 0.2) is 131 Å². The summed E-state index contributed by atoms with van der Waals surface area (Å²) < 4.78 is 35.1. The molecule has 0 fully saturated rings. The maximum absolute atomic E-state index is 14.2. The highest BCUT2D eigenvalue weighted by Gasteiger charge is 2.43. The predicted molar refractivity (Wildman–Crippen MR) is 158 cm³/mol. The zero-order valence-corrected chi connectivity index (χ0v) is 23.1. The van der Waals surface area contributed by atoms with Crippen LogP contribution in [0.5, 0.6) is 5.75 Å². The highest BCUT2D eigenvalue weighted by Crippen LogP contribution is 2.39. The van der Waals surface area contributed by atoms with Crippen LogP contribution in [0.1, 0.15) is 28.4 Å². The normalized spacial score (nSPS) is 15.3. The van der Waals surface area contributed by atoms with Gasteiger partial charge in [0.05, 0.1) is 12.0 Å². The first-order valence-electron chi connectivity index (χ1n) is 13.1. The van der Waals surface area contributed by atoms with Crippen LogP contribution in [-0.2, 0) is 16.6 Å². The summed E-state index contributed by atoms with van der Waals surface area (Å²) in [6.07, 6.45) is -0.709. The first kappa shape index (κ1) is 25.6. The van der Waals surface area contributed by atoms with Crippen molar-refractivity contribution in [3.8, 4) is 5.75 Å². The van der Waals surface area contributed by atoms with Crippen molar-refractivity contribution in [2.45, 2.75) is 24.5 Å². The van der Waals surface area contributed by atoms with Gasteiger partial charge in [0.1, 0.15) is 5.75 Å². The molecule has 0 saturated heterocycles. The number of nitrogens with zero attached hydrogens (tertiary/aromatic N) is 3. The molecule has 1 aliphatic heterocycles. The van der Waals surface area contributed by atoms with Crippen molar-refractivity contribution in [2.24, 2.45) is 5.10 Å². The van der Waals surface area contributed by atoms with Gasteiger partial charge in [-0.05, 0) is 59.2 Å². The molecule has 1 atom stereocenters. The van der Waals surface area contributed by atoms with Gasteiger partial charge in [-0.2, -0.15) is 12.8 Å². The van der Waals surface area contributed by atoms with Crippen molar-refractivity contribution in [1.82, 2.24) is 9.31 Å². The van der Waals surface area contributed by atoms with E-state index in [4.69, 9.17) is 9.84 Å². The fourth-order valence-electron chi connectivity index (χ4n) is 5.02. The molecule has 6 rings (SSSR count). The molecule has 1 heterocycles. The van der Waals surface area contributed by atoms with E-state index in [1.165, 1.54) is 4.41 Å². The molecule has 1 unspecified atom stereocenters. The average Bonchev–Trinajstić information content (AvgIpc) is 3.37. The summed E-state index contributed by atoms with van der Waals surface area (Å²) in [6.45, 7) is 2.40. The second kappa shape index (κ2) is 10.5. The van der Waals surface area contributed by atoms with Crippen molar-refractivity contribution < 1.29 is 13.2 Å². The average molecular weight is 548 g/mol. The second-order valence-electron chi connectivity index (χ2n) is 9.84. The van der Waals surface area contributed by atoms with Gasteiger partial charge < -0.3 is 9.64 Å². The van der Waals surface area contributed by atoms with Gasteiger partial charge in [-0.3, -0.25) is 0 Å². The van der Waals surface area contributed by atoms with Crippen molar-refractivity contribution in [1.29, 1.82) is 0 Å². The summed E-state index contributed by atoms with van der Waals surface area (Å²) in [7, 11) is -2.39. The van der Waals surface area contributed by atoms with Crippen LogP contribution in [-0.4, -0.2) is 30.7 Å². The molecular weight excluding hydrogens is 518 g/mol. The summed E-state index contributed by atoms with van der Waals surface area (Å²) in [4.78, 5) is 2.26. The molecule has 1 aliphatic rings. The van der Waals surface area contributed by atoms with E-state index in [0.29, 0.717) is 18.1 Å². The number of aryl methyl sites for hydroxylation is 1. The summed E-state index contributed by atoms with van der Waals surface area (Å²) in [6, 6.07) is 38.7. The minimum atomic E-state index is -4.00. The Bertz CT molecular complexity index is 1790. The maximum atomic E-state index is 14.2. The Balaban J connectivity index is 1.55. The summed E-state index contributed by atoms with van der Waals surface area (Å²) in [5.74, 6) is 1.28. The smallest absolute Gasteiger partial charge is 0.281 e. The van der Waals surface area contributed by atoms with Gasteiger partial charge in [-0.25, -0.2) is 0 Å². The van der Waals surface area contributed by atoms with Gasteiger partial charge >= 0.3 is 0 Å². The summed E-state index contributed by atoms with van der Waals surface area (Å²) in [5, 5.41) is 7.04. The zero-order valence-electron chi connectivity index (χ0n) is 22.3. The van der Waals surface area contributed by atoms with Crippen LogP contribution in [0.4, 0.5) is 0 Å². The van der Waals surface area contributed by atoms with E-state index < -0.39 is 16.2 Å². The van der Waals surface area contributed by atoms with Crippen LogP contribution in [0.2, 0.25) is 0 Å². The Kier molecular flexibility index (Phi) is 6.74. The molecule has 0 bridgehead atoms. The quantitative estimate of drug-likeness (QED) is 0.227. The van der Waals surface area contributed by atoms with E-state index in [2.05, 4.69) is 23.1 Å². The fourth-order valence-corrected chi connectivity index (χ4v) is 6.40. The van der Waals surface area contributed by atoms with Gasteiger partial charge in [0.15, 0.2) is 12.0 Å². The topological polar surface area (TPSA) is 62.2 Å². The number of rotatable bonds is 7. The van der Waals surface area contributed by atoms with Gasteiger partial charge in [-0.15, -0.1) is 5.10 Å². The minimum Gasteiger partial charge on any atom is -0.497 e. The molecule has 5 aromatic rings. The Morgan fingerprint density at radius 2 is 1.45 bits per heavy atom. The minimum absolute atomic E-state index is 0.194. The van der Waals surface area contributed by atoms with E-state index in [1.807, 2.05) is 85.8 Å². The summed E-state index contributed by atoms with van der Waals surface area (Å²) >= 11 is 0. The molecule has 40 heavy (non-hydrogen) atoms. The standard InChI is InChI=1S/C33H29N3O3S/c1-24-12-20-31(21-13-24)40(37,38)36-33(27-16-18-30(39-2)19-17-27)35(23-25-8-4-3-5-9-25)32(34-36)29-15-14-26-10-6-7-11-28(26)22-29/h3-22,33H,23H2,1-2H3. The molecule has 0 radical (unpaired) electrons. The van der Waals surface area contributed by atoms with Crippen LogP contribution in [0, 0.1) is 6.92 Å². The molecule has 200 valence electrons. The van der Waals surface area contributed by atoms with E-state index in [0.717, 1.165) is 33.0 Å². The Hall–Kier alpha value is -4.62. The van der Waals surface area contributed by atoms with Crippen LogP contribution in [0.25, 0.3) is 10.8 Å². The van der Waals surface area contributed by atoms with Crippen LogP contribution < -0.4 is 4.74 Å². The van der Waals surface area contributed by atoms with Gasteiger partial charge in [0.2, 0.25) is 0 Å². The number of sulfonamides is 1. The number of amidine groups is 1. The predicted octanol–water partition coefficient (Wildman–Crippen LogP) is 6.72. The largest absolute Gasteiger partial charge is 0.497 e. The highest BCUT2D eigenvalue weighted by molar-refractivity contribution is 7.89. The third kappa shape index (κ3) is 4.80. The Labute approximate surface area is 234 Å². The number of hydrazone groups is 1. The summed E-state index contributed by atoms with van der Waals surface area (Å²) in [5.41, 5.74) is 3.66. The third-order valence-corrected chi connectivity index (χ3v) is 8.79. The van der Waals surface area contributed by atoms with Crippen molar-refractivity contribution >= 4 is 26.6 Å². The Morgan fingerprint density at radius 3 is 2.15 bits per heavy atom. The first-order chi connectivity index (χ1) is 19.4. The molecule has 0 aromatic heterocycles. The van der Waals surface area contributed by atoms with E-state index in [9.17, 15) is 8.42 Å². The highest BCUT2D eigenvalue weighted by atomic mass is 32.2. The fraction of sp³-hybridized carbons (Fsp3) is 0.121. The van der Waals surface area contributed by atoms with E-state index in [-0.39, 0.29) is 4.90 Å². The Morgan fingerprint density at radius 1 is 0.775 bits per heavy atom. The maximum Gasteiger partial charge on any atom is 0.281 e. The number of benzene rings is 5. The van der Waals surface area contributed by atoms with Crippen molar-refractivity contribution in [2.75, 3.05) is 7.11 Å². The number of fused-ring (bicyclic) bond motifs is 1. The molecule has 0 spiro atoms. The molecular formula is C33H29N3O3S. The van der Waals surface area contributed by atoms with Gasteiger partial charge in [-0.1, -0.05) is 96.6 Å². The lowest BCUT2D eigenvalue weighted by Crippen LogP contribution is -2.37. The second-order valence-corrected chi connectivity index (χ2v) is 11.6. The number of methoxy groups -OCH3 is 1. The number of ether oxygens (including phenoxy) is 1. The van der Waals surface area contributed by atoms with Gasteiger partial charge in [0.25, 0.3) is 10.0 Å². The molecule has 5 aromatic carbocycles. The molecule has 0 saturated carbocycles. The van der Waals surface area contributed by atoms with Crippen molar-refractivity contribution in [3.63, 3.8) is 0 Å². The lowest BCUT2D eigenvalue weighted by Gasteiger charge is -2.32. The van der Waals surface area contributed by atoms with Crippen molar-refractivity contribution in [3.05, 3.63) is 144 Å². The molecule has 0 N–H and O–H groups in total. The lowest BCUT2D eigenvalue weighted by molar-refractivity contribution is 0.208. The van der Waals surface area contributed by atoms with Crippen LogP contribution >= 0.6 is 0 Å². The zero-order chi connectivity index (χ0) is 27.7. The van der Waals surface area contributed by atoms with Gasteiger partial charge in [0, 0.05) is 12.1 Å². The molecule has 7 heteroatoms. The SMILES string of the molecule is COc1ccc(C2N(Cc3ccccc3)C(c3ccc4ccccc4c3)=NN2S(=O)(=O)c2ccc(C)cc2)cc1. The molecule has 6 nitrogen and oxygen atoms in total. The van der Waals surface area contributed by atoms with E-state index in [1.54, 1.807) is 31.4 Å². The first-order valence-corrected chi connectivity index (χ1v) is 14.5. The van der Waals surface area contributed by atoms with Crippen LogP contribution in [0.3, 0.4) is 0 Å². The monoisotopic (exact) mass is 547 g/mol. The molecule has 0 amide bonds. The lowest BCUT2D eigenvalue weighted by atomic mass is 10.0. The molecule has 0 aliphatic carbocycles.